The fraction of sp³-hybridized carbons (Fsp3) is 0.250. The molecule has 0 atom stereocenters. The van der Waals surface area contributed by atoms with E-state index < -0.39 is 4.92 Å². The van der Waals surface area contributed by atoms with Gasteiger partial charge in [-0.15, -0.1) is 11.3 Å². The molecule has 1 aromatic carbocycles. The Hall–Kier alpha value is -1.99. The largest absolute Gasteiger partial charge is 0.479 e. The van der Waals surface area contributed by atoms with Crippen LogP contribution in [0.4, 0.5) is 5.69 Å². The zero-order valence-corrected chi connectivity index (χ0v) is 11.0. The maximum absolute atomic E-state index is 10.9. The van der Waals surface area contributed by atoms with Gasteiger partial charge in [-0.2, -0.15) is 0 Å². The molecule has 0 aliphatic rings. The lowest BCUT2D eigenvalue weighted by atomic mass is 10.2. The zero-order chi connectivity index (χ0) is 13.8. The van der Waals surface area contributed by atoms with E-state index in [0.717, 1.165) is 10.7 Å². The van der Waals surface area contributed by atoms with Crippen LogP contribution >= 0.6 is 11.3 Å². The first-order valence-corrected chi connectivity index (χ1v) is 6.40. The summed E-state index contributed by atoms with van der Waals surface area (Å²) in [7, 11) is 0. The van der Waals surface area contributed by atoms with Crippen molar-refractivity contribution in [3.05, 3.63) is 50.0 Å². The number of rotatable bonds is 5. The fourth-order valence-electron chi connectivity index (χ4n) is 1.53. The standard InChI is InChI=1S/C12H12N2O4S/c1-8-7-19-12(13-8)6-18-11-3-2-9(5-15)4-10(11)14(16)17/h2-4,7,15H,5-6H2,1H3. The smallest absolute Gasteiger partial charge is 0.311 e. The number of aryl methyl sites for hydroxylation is 1. The van der Waals surface area contributed by atoms with Crippen molar-refractivity contribution in [1.82, 2.24) is 4.98 Å². The Labute approximate surface area is 113 Å². The molecule has 1 aromatic heterocycles. The highest BCUT2D eigenvalue weighted by Crippen LogP contribution is 2.29. The van der Waals surface area contributed by atoms with E-state index in [4.69, 9.17) is 9.84 Å². The van der Waals surface area contributed by atoms with Gasteiger partial charge in [-0.1, -0.05) is 6.07 Å². The molecule has 100 valence electrons. The van der Waals surface area contributed by atoms with Gasteiger partial charge >= 0.3 is 5.69 Å². The molecule has 7 heteroatoms. The monoisotopic (exact) mass is 280 g/mol. The second kappa shape index (κ2) is 5.77. The Morgan fingerprint density at radius 2 is 2.32 bits per heavy atom. The highest BCUT2D eigenvalue weighted by atomic mass is 32.1. The topological polar surface area (TPSA) is 85.5 Å². The minimum Gasteiger partial charge on any atom is -0.479 e. The van der Waals surface area contributed by atoms with Crippen LogP contribution in [0, 0.1) is 17.0 Å². The molecule has 0 unspecified atom stereocenters. The molecule has 19 heavy (non-hydrogen) atoms. The van der Waals surface area contributed by atoms with E-state index in [1.165, 1.54) is 23.5 Å². The molecular formula is C12H12N2O4S. The second-order valence-electron chi connectivity index (χ2n) is 3.89. The number of thiazole rings is 1. The third-order valence-electron chi connectivity index (χ3n) is 2.42. The van der Waals surface area contributed by atoms with Crippen LogP contribution in [0.15, 0.2) is 23.6 Å². The third-order valence-corrected chi connectivity index (χ3v) is 3.36. The molecule has 6 nitrogen and oxygen atoms in total. The summed E-state index contributed by atoms with van der Waals surface area (Å²) >= 11 is 1.44. The van der Waals surface area contributed by atoms with Crippen molar-refractivity contribution in [1.29, 1.82) is 0 Å². The number of ether oxygens (including phenoxy) is 1. The summed E-state index contributed by atoms with van der Waals surface area (Å²) < 4.78 is 5.42. The molecule has 0 spiro atoms. The van der Waals surface area contributed by atoms with Crippen LogP contribution in [0.25, 0.3) is 0 Å². The lowest BCUT2D eigenvalue weighted by Gasteiger charge is -2.06. The van der Waals surface area contributed by atoms with E-state index in [1.807, 2.05) is 12.3 Å². The van der Waals surface area contributed by atoms with E-state index in [9.17, 15) is 10.1 Å². The van der Waals surface area contributed by atoms with Crippen LogP contribution in [0.3, 0.4) is 0 Å². The molecule has 0 amide bonds. The molecule has 0 saturated heterocycles. The van der Waals surface area contributed by atoms with Gasteiger partial charge in [-0.3, -0.25) is 10.1 Å². The number of hydrogen-bond acceptors (Lipinski definition) is 6. The molecule has 0 aliphatic carbocycles. The number of aromatic nitrogens is 1. The van der Waals surface area contributed by atoms with Crippen molar-refractivity contribution in [3.63, 3.8) is 0 Å². The van der Waals surface area contributed by atoms with E-state index >= 15 is 0 Å². The van der Waals surface area contributed by atoms with E-state index in [0.29, 0.717) is 5.56 Å². The fourth-order valence-corrected chi connectivity index (χ4v) is 2.22. The minimum absolute atomic E-state index is 0.153. The van der Waals surface area contributed by atoms with Gasteiger partial charge in [0, 0.05) is 17.1 Å². The summed E-state index contributed by atoms with van der Waals surface area (Å²) in [5.41, 5.74) is 1.22. The molecule has 0 aliphatic heterocycles. The Morgan fingerprint density at radius 3 is 2.89 bits per heavy atom. The van der Waals surface area contributed by atoms with Crippen molar-refractivity contribution in [2.75, 3.05) is 0 Å². The summed E-state index contributed by atoms with van der Waals surface area (Å²) in [5.74, 6) is 0.176. The van der Waals surface area contributed by atoms with Gasteiger partial charge in [0.15, 0.2) is 5.75 Å². The Bertz CT molecular complexity index is 597. The number of benzene rings is 1. The first-order valence-electron chi connectivity index (χ1n) is 5.52. The van der Waals surface area contributed by atoms with Gasteiger partial charge in [0.1, 0.15) is 11.6 Å². The van der Waals surface area contributed by atoms with Crippen LogP contribution < -0.4 is 4.74 Å². The predicted molar refractivity (Wildman–Crippen MR) is 70.2 cm³/mol. The van der Waals surface area contributed by atoms with Crippen LogP contribution in [-0.4, -0.2) is 15.0 Å². The number of nitro benzene ring substituents is 1. The highest BCUT2D eigenvalue weighted by Gasteiger charge is 2.16. The van der Waals surface area contributed by atoms with Crippen LogP contribution in [0.5, 0.6) is 5.75 Å². The maximum Gasteiger partial charge on any atom is 0.311 e. The minimum atomic E-state index is -0.526. The molecule has 0 bridgehead atoms. The second-order valence-corrected chi connectivity index (χ2v) is 4.83. The van der Waals surface area contributed by atoms with Gasteiger partial charge in [0.25, 0.3) is 0 Å². The SMILES string of the molecule is Cc1csc(COc2ccc(CO)cc2[N+](=O)[O-])n1. The molecule has 1 heterocycles. The summed E-state index contributed by atoms with van der Waals surface area (Å²) in [5, 5.41) is 22.6. The van der Waals surface area contributed by atoms with Gasteiger partial charge in [-0.25, -0.2) is 4.98 Å². The number of aliphatic hydroxyl groups excluding tert-OH is 1. The molecular weight excluding hydrogens is 268 g/mol. The highest BCUT2D eigenvalue weighted by molar-refractivity contribution is 7.09. The summed E-state index contributed by atoms with van der Waals surface area (Å²) in [6.45, 7) is 1.82. The van der Waals surface area contributed by atoms with Crippen molar-refractivity contribution in [2.45, 2.75) is 20.1 Å². The molecule has 1 N–H and O–H groups in total. The zero-order valence-electron chi connectivity index (χ0n) is 10.2. The predicted octanol–water partition coefficient (Wildman–Crippen LogP) is 2.43. The van der Waals surface area contributed by atoms with Crippen molar-refractivity contribution < 1.29 is 14.8 Å². The Balaban J connectivity index is 2.17. The van der Waals surface area contributed by atoms with E-state index in [1.54, 1.807) is 6.07 Å². The van der Waals surface area contributed by atoms with Crippen LogP contribution in [0.1, 0.15) is 16.3 Å². The maximum atomic E-state index is 10.9. The lowest BCUT2D eigenvalue weighted by molar-refractivity contribution is -0.386. The summed E-state index contributed by atoms with van der Waals surface area (Å²) in [6, 6.07) is 4.39. The molecule has 0 fully saturated rings. The average molecular weight is 280 g/mol. The van der Waals surface area contributed by atoms with Gasteiger partial charge in [-0.05, 0) is 18.6 Å². The van der Waals surface area contributed by atoms with E-state index in [-0.39, 0.29) is 24.7 Å². The first-order chi connectivity index (χ1) is 9.10. The lowest BCUT2D eigenvalue weighted by Crippen LogP contribution is -2.00. The number of nitrogens with zero attached hydrogens (tertiary/aromatic N) is 2. The van der Waals surface area contributed by atoms with Crippen molar-refractivity contribution in [3.8, 4) is 5.75 Å². The number of aliphatic hydroxyl groups is 1. The first kappa shape index (κ1) is 13.4. The summed E-state index contributed by atoms with van der Waals surface area (Å²) in [6.07, 6.45) is 0. The van der Waals surface area contributed by atoms with Crippen LogP contribution in [-0.2, 0) is 13.2 Å². The number of nitro groups is 1. The van der Waals surface area contributed by atoms with Gasteiger partial charge in [0.2, 0.25) is 0 Å². The van der Waals surface area contributed by atoms with E-state index in [2.05, 4.69) is 4.98 Å². The Kier molecular flexibility index (Phi) is 4.08. The normalized spacial score (nSPS) is 10.4. The van der Waals surface area contributed by atoms with Crippen molar-refractivity contribution >= 4 is 17.0 Å². The van der Waals surface area contributed by atoms with Crippen molar-refractivity contribution in [2.24, 2.45) is 0 Å². The number of hydrogen-bond donors (Lipinski definition) is 1. The Morgan fingerprint density at radius 1 is 1.53 bits per heavy atom. The van der Waals surface area contributed by atoms with Gasteiger partial charge in [0.05, 0.1) is 11.5 Å². The molecule has 2 aromatic rings. The average Bonchev–Trinajstić information content (AvgIpc) is 2.82. The quantitative estimate of drug-likeness (QED) is 0.671. The molecule has 0 radical (unpaired) electrons. The van der Waals surface area contributed by atoms with Crippen LogP contribution in [0.2, 0.25) is 0 Å². The summed E-state index contributed by atoms with van der Waals surface area (Å²) in [4.78, 5) is 14.6. The molecule has 0 saturated carbocycles. The molecule has 2 rings (SSSR count). The third kappa shape index (κ3) is 3.27. The van der Waals surface area contributed by atoms with Gasteiger partial charge < -0.3 is 9.84 Å².